The number of likely N-dealkylation sites (tertiary alicyclic amines) is 1. The largest absolute Gasteiger partial charge is 0.295 e. The molecule has 0 spiro atoms. The van der Waals surface area contributed by atoms with E-state index < -0.39 is 4.71 Å². The zero-order valence-electron chi connectivity index (χ0n) is 14.2. The number of hydrogen-bond donors (Lipinski definition) is 0. The molecule has 3 heteroatoms. The van der Waals surface area contributed by atoms with E-state index in [0.717, 1.165) is 12.1 Å². The summed E-state index contributed by atoms with van der Waals surface area (Å²) in [6.45, 7) is 5.27. The molecule has 2 nitrogen and oxygen atoms in total. The highest BCUT2D eigenvalue weighted by Gasteiger charge is 2.63. The third kappa shape index (κ3) is 1.84. The van der Waals surface area contributed by atoms with Crippen LogP contribution in [0.1, 0.15) is 58.8 Å². The average molecular weight is 306 g/mol. The molecule has 6 atom stereocenters. The van der Waals surface area contributed by atoms with Gasteiger partial charge in [-0.25, -0.2) is 0 Å². The molecule has 0 N–H and O–H groups in total. The van der Waals surface area contributed by atoms with Crippen LogP contribution in [0.2, 0.25) is 0 Å². The Labute approximate surface area is 133 Å². The Kier molecular flexibility index (Phi) is 3.00. The van der Waals surface area contributed by atoms with Crippen molar-refractivity contribution >= 4 is 5.78 Å². The molecule has 22 heavy (non-hydrogen) atoms. The molecular formula is C19H29FNO+. The van der Waals surface area contributed by atoms with Crippen molar-refractivity contribution in [3.8, 4) is 0 Å². The van der Waals surface area contributed by atoms with Gasteiger partial charge in [0.25, 0.3) is 0 Å². The first-order valence-electron chi connectivity index (χ1n) is 9.07. The van der Waals surface area contributed by atoms with Gasteiger partial charge in [-0.05, 0) is 56.3 Å². The van der Waals surface area contributed by atoms with E-state index in [9.17, 15) is 4.79 Å². The number of quaternary nitrogens is 1. The summed E-state index contributed by atoms with van der Waals surface area (Å²) < 4.78 is 14.9. The highest BCUT2D eigenvalue weighted by molar-refractivity contribution is 5.91. The van der Waals surface area contributed by atoms with Crippen LogP contribution < -0.4 is 0 Å². The van der Waals surface area contributed by atoms with Crippen LogP contribution in [0.4, 0.5) is 4.48 Å². The van der Waals surface area contributed by atoms with Gasteiger partial charge in [-0.2, -0.15) is 0 Å². The molecule has 3 aliphatic carbocycles. The number of allylic oxidation sites excluding steroid dienone is 2. The fraction of sp³-hybridized carbons (Fsp3) is 0.842. The lowest BCUT2D eigenvalue weighted by atomic mass is 9.50. The molecule has 0 bridgehead atoms. The van der Waals surface area contributed by atoms with Gasteiger partial charge in [0.15, 0.2) is 11.5 Å². The monoisotopic (exact) mass is 306 g/mol. The smallest absolute Gasteiger partial charge is 0.161 e. The number of rotatable bonds is 0. The average Bonchev–Trinajstić information content (AvgIpc) is 2.83. The van der Waals surface area contributed by atoms with Gasteiger partial charge in [0.05, 0.1) is 0 Å². The van der Waals surface area contributed by atoms with Crippen molar-refractivity contribution in [2.24, 2.45) is 28.6 Å². The van der Waals surface area contributed by atoms with Crippen LogP contribution in [0.15, 0.2) is 11.8 Å². The summed E-state index contributed by atoms with van der Waals surface area (Å²) in [5, 5.41) is 0. The second-order valence-corrected chi connectivity index (χ2v) is 9.13. The van der Waals surface area contributed by atoms with E-state index in [-0.39, 0.29) is 11.2 Å². The molecule has 0 aromatic rings. The topological polar surface area (TPSA) is 17.1 Å². The maximum absolute atomic E-state index is 15.5. The van der Waals surface area contributed by atoms with Crippen LogP contribution in [-0.2, 0) is 4.79 Å². The molecule has 1 aliphatic heterocycles. The molecule has 1 unspecified atom stereocenters. The lowest BCUT2D eigenvalue weighted by Gasteiger charge is -2.57. The second kappa shape index (κ2) is 4.43. The summed E-state index contributed by atoms with van der Waals surface area (Å²) in [5.41, 5.74) is 1.11. The molecule has 1 saturated heterocycles. The first-order valence-corrected chi connectivity index (χ1v) is 9.07. The van der Waals surface area contributed by atoms with Gasteiger partial charge in [0.1, 0.15) is 13.6 Å². The van der Waals surface area contributed by atoms with Crippen LogP contribution in [-0.4, -0.2) is 24.1 Å². The molecule has 1 heterocycles. The van der Waals surface area contributed by atoms with Crippen LogP contribution in [0, 0.1) is 28.6 Å². The summed E-state index contributed by atoms with van der Waals surface area (Å²) in [6, 6.07) is 0. The number of carbonyl (C=O) groups is 1. The minimum absolute atomic E-state index is 0.107. The van der Waals surface area contributed by atoms with Crippen LogP contribution in [0.5, 0.6) is 0 Å². The number of piperidine rings is 1. The Balaban J connectivity index is 1.78. The van der Waals surface area contributed by atoms with E-state index in [1.54, 1.807) is 13.1 Å². The molecule has 0 amide bonds. The summed E-state index contributed by atoms with van der Waals surface area (Å²) in [6.07, 6.45) is 9.55. The van der Waals surface area contributed by atoms with E-state index in [4.69, 9.17) is 0 Å². The quantitative estimate of drug-likeness (QED) is 0.606. The highest BCUT2D eigenvalue weighted by atomic mass is 19.2. The lowest BCUT2D eigenvalue weighted by molar-refractivity contribution is -1.02. The molecular weight excluding hydrogens is 277 g/mol. The van der Waals surface area contributed by atoms with Gasteiger partial charge in [0.2, 0.25) is 0 Å². The number of fused-ring (bicyclic) bond motifs is 5. The van der Waals surface area contributed by atoms with Crippen molar-refractivity contribution in [2.75, 3.05) is 13.6 Å². The number of ketones is 1. The minimum Gasteiger partial charge on any atom is -0.295 e. The number of hydrogen-bond acceptors (Lipinski definition) is 1. The Hall–Kier alpha value is -0.700. The standard InChI is InChI=1S/C19H29FNO/c1-18-8-4-5-15(18)14-12-21(3,20)17-11-13(22)6-10-19(17,2)16(14)7-9-18/h11,14-16H,4-10,12H2,1-3H3/q+1/t14-,15-,16-,18-,19+,21?/m0/s1. The normalized spacial score (nSPS) is 54.3. The van der Waals surface area contributed by atoms with Gasteiger partial charge in [-0.3, -0.25) is 4.79 Å². The summed E-state index contributed by atoms with van der Waals surface area (Å²) >= 11 is 0. The predicted molar refractivity (Wildman–Crippen MR) is 84.3 cm³/mol. The zero-order chi connectivity index (χ0) is 15.8. The van der Waals surface area contributed by atoms with E-state index in [0.29, 0.717) is 36.1 Å². The van der Waals surface area contributed by atoms with E-state index in [1.165, 1.54) is 32.1 Å². The van der Waals surface area contributed by atoms with E-state index in [2.05, 4.69) is 13.8 Å². The Morgan fingerprint density at radius 2 is 1.95 bits per heavy atom. The van der Waals surface area contributed by atoms with Crippen molar-refractivity contribution in [3.05, 3.63) is 11.8 Å². The number of nitrogens with zero attached hydrogens (tertiary/aromatic N) is 1. The minimum atomic E-state index is -0.546. The van der Waals surface area contributed by atoms with Crippen molar-refractivity contribution in [2.45, 2.75) is 58.8 Å². The fourth-order valence-corrected chi connectivity index (χ4v) is 6.76. The Morgan fingerprint density at radius 3 is 2.73 bits per heavy atom. The van der Waals surface area contributed by atoms with E-state index >= 15 is 4.48 Å². The lowest BCUT2D eigenvalue weighted by Crippen LogP contribution is -2.60. The van der Waals surface area contributed by atoms with Crippen molar-refractivity contribution < 1.29 is 14.0 Å². The predicted octanol–water partition coefficient (Wildman–Crippen LogP) is 4.42. The molecule has 122 valence electrons. The molecule has 2 saturated carbocycles. The SMILES string of the molecule is C[C@@]12CCC[C@H]1[C@@H]1C[N+](C)(F)C3=CC(=O)CC[C@]3(C)[C@H]1CC2. The fourth-order valence-electron chi connectivity index (χ4n) is 6.76. The molecule has 4 aliphatic rings. The van der Waals surface area contributed by atoms with Crippen LogP contribution in [0.25, 0.3) is 0 Å². The third-order valence-electron chi connectivity index (χ3n) is 7.87. The molecule has 0 radical (unpaired) electrons. The van der Waals surface area contributed by atoms with Gasteiger partial charge >= 0.3 is 0 Å². The first-order chi connectivity index (χ1) is 10.3. The zero-order valence-corrected chi connectivity index (χ0v) is 14.2. The van der Waals surface area contributed by atoms with Gasteiger partial charge < -0.3 is 0 Å². The first kappa shape index (κ1) is 14.9. The van der Waals surface area contributed by atoms with Crippen LogP contribution >= 0.6 is 0 Å². The number of halogens is 1. The maximum atomic E-state index is 15.5. The highest BCUT2D eigenvalue weighted by Crippen LogP contribution is 2.65. The van der Waals surface area contributed by atoms with Gasteiger partial charge in [-0.15, -0.1) is 4.71 Å². The van der Waals surface area contributed by atoms with E-state index in [1.807, 2.05) is 0 Å². The second-order valence-electron chi connectivity index (χ2n) is 9.13. The third-order valence-corrected chi connectivity index (χ3v) is 7.87. The van der Waals surface area contributed by atoms with Crippen LogP contribution in [0.3, 0.4) is 0 Å². The summed E-state index contributed by atoms with van der Waals surface area (Å²) in [5.74, 6) is 1.88. The molecule has 3 fully saturated rings. The Morgan fingerprint density at radius 1 is 1.18 bits per heavy atom. The molecule has 4 rings (SSSR count). The van der Waals surface area contributed by atoms with Gasteiger partial charge in [-0.1, -0.05) is 13.3 Å². The van der Waals surface area contributed by atoms with Crippen molar-refractivity contribution in [3.63, 3.8) is 0 Å². The molecule has 0 aromatic carbocycles. The number of carbonyl (C=O) groups excluding carboxylic acids is 1. The van der Waals surface area contributed by atoms with Crippen molar-refractivity contribution in [1.29, 1.82) is 0 Å². The maximum Gasteiger partial charge on any atom is 0.161 e. The molecule has 0 aromatic heterocycles. The summed E-state index contributed by atoms with van der Waals surface area (Å²) in [7, 11) is 1.68. The van der Waals surface area contributed by atoms with Gasteiger partial charge in [0, 0.05) is 28.3 Å². The summed E-state index contributed by atoms with van der Waals surface area (Å²) in [4.78, 5) is 11.9. The van der Waals surface area contributed by atoms with Crippen molar-refractivity contribution in [1.82, 2.24) is 0 Å². The Bertz CT molecular complexity index is 554.